The average Bonchev–Trinajstić information content (AvgIpc) is 2.51. The lowest BCUT2D eigenvalue weighted by atomic mass is 9.95. The van der Waals surface area contributed by atoms with Crippen LogP contribution in [0.3, 0.4) is 0 Å². The highest BCUT2D eigenvalue weighted by atomic mass is 16.4. The van der Waals surface area contributed by atoms with Crippen molar-refractivity contribution in [3.8, 4) is 0 Å². The van der Waals surface area contributed by atoms with Gasteiger partial charge in [0.15, 0.2) is 0 Å². The number of carboxylic acids is 1. The topological polar surface area (TPSA) is 37.3 Å². The molecule has 2 nitrogen and oxygen atoms in total. The van der Waals surface area contributed by atoms with Crippen LogP contribution in [0.5, 0.6) is 0 Å². The smallest absolute Gasteiger partial charge is 0.310 e. The van der Waals surface area contributed by atoms with Crippen LogP contribution in [0.1, 0.15) is 22.3 Å². The molecule has 21 heavy (non-hydrogen) atoms. The maximum atomic E-state index is 11.4. The second kappa shape index (κ2) is 5.96. The molecule has 0 saturated heterocycles. The molecule has 2 heteroatoms. The normalized spacial score (nSPS) is 19.1. The summed E-state index contributed by atoms with van der Waals surface area (Å²) in [4.78, 5) is 11.4. The molecule has 0 aliphatic heterocycles. The molecule has 0 fully saturated rings. The summed E-state index contributed by atoms with van der Waals surface area (Å²) in [5, 5.41) is 9.37. The van der Waals surface area contributed by atoms with E-state index in [2.05, 4.69) is 36.4 Å². The zero-order chi connectivity index (χ0) is 14.7. The number of hydrogen-bond acceptors (Lipinski definition) is 1. The van der Waals surface area contributed by atoms with Crippen molar-refractivity contribution in [3.05, 3.63) is 76.9 Å². The summed E-state index contributed by atoms with van der Waals surface area (Å²) in [5.74, 6) is -1.27. The van der Waals surface area contributed by atoms with E-state index in [1.54, 1.807) is 6.08 Å². The van der Waals surface area contributed by atoms with E-state index in [-0.39, 0.29) is 0 Å². The fourth-order valence-electron chi connectivity index (χ4n) is 2.64. The molecule has 1 atom stereocenters. The number of rotatable bonds is 1. The lowest BCUT2D eigenvalue weighted by Gasteiger charge is -2.10. The van der Waals surface area contributed by atoms with Crippen molar-refractivity contribution < 1.29 is 9.90 Å². The van der Waals surface area contributed by atoms with Crippen LogP contribution >= 0.6 is 0 Å². The van der Waals surface area contributed by atoms with Gasteiger partial charge in [-0.05, 0) is 41.5 Å². The minimum absolute atomic E-state index is 0.488. The Morgan fingerprint density at radius 1 is 0.857 bits per heavy atom. The Hall–Kier alpha value is -2.35. The Kier molecular flexibility index (Phi) is 3.87. The van der Waals surface area contributed by atoms with Crippen LogP contribution in [0, 0.1) is 5.92 Å². The number of carbonyl (C=O) groups is 1. The maximum absolute atomic E-state index is 11.4. The first-order valence-corrected chi connectivity index (χ1v) is 7.28. The van der Waals surface area contributed by atoms with Gasteiger partial charge < -0.3 is 5.11 Å². The lowest BCUT2D eigenvalue weighted by molar-refractivity contribution is -0.140. The van der Waals surface area contributed by atoms with Crippen LogP contribution in [-0.2, 0) is 24.1 Å². The van der Waals surface area contributed by atoms with Crippen molar-refractivity contribution in [3.63, 3.8) is 0 Å². The van der Waals surface area contributed by atoms with Crippen molar-refractivity contribution >= 4 is 12.0 Å². The van der Waals surface area contributed by atoms with Gasteiger partial charge in [0.2, 0.25) is 0 Å². The number of benzene rings is 2. The Bertz CT molecular complexity index is 651. The zero-order valence-corrected chi connectivity index (χ0v) is 11.8. The molecule has 4 aliphatic carbocycles. The molecule has 0 saturated carbocycles. The highest BCUT2D eigenvalue weighted by Crippen LogP contribution is 2.17. The van der Waals surface area contributed by atoms with E-state index in [0.29, 0.717) is 6.42 Å². The fourth-order valence-corrected chi connectivity index (χ4v) is 2.64. The van der Waals surface area contributed by atoms with Gasteiger partial charge in [0, 0.05) is 0 Å². The van der Waals surface area contributed by atoms with E-state index in [4.69, 9.17) is 0 Å². The third kappa shape index (κ3) is 3.40. The second-order valence-corrected chi connectivity index (χ2v) is 5.57. The van der Waals surface area contributed by atoms with Gasteiger partial charge in [-0.3, -0.25) is 4.79 Å². The first kappa shape index (κ1) is 13.6. The first-order valence-electron chi connectivity index (χ1n) is 7.28. The van der Waals surface area contributed by atoms with Crippen molar-refractivity contribution in [2.45, 2.75) is 19.3 Å². The van der Waals surface area contributed by atoms with Gasteiger partial charge in [0.05, 0.1) is 5.92 Å². The van der Waals surface area contributed by atoms with Gasteiger partial charge in [0.25, 0.3) is 0 Å². The van der Waals surface area contributed by atoms with Gasteiger partial charge in [-0.1, -0.05) is 60.7 Å². The van der Waals surface area contributed by atoms with E-state index in [0.717, 1.165) is 24.0 Å². The monoisotopic (exact) mass is 278 g/mol. The third-order valence-electron chi connectivity index (χ3n) is 4.00. The van der Waals surface area contributed by atoms with E-state index < -0.39 is 11.9 Å². The van der Waals surface area contributed by atoms with Crippen molar-refractivity contribution in [2.24, 2.45) is 5.92 Å². The summed E-state index contributed by atoms with van der Waals surface area (Å²) in [6.07, 6.45) is 6.27. The zero-order valence-electron chi connectivity index (χ0n) is 11.8. The van der Waals surface area contributed by atoms with Gasteiger partial charge in [0.1, 0.15) is 0 Å². The van der Waals surface area contributed by atoms with E-state index >= 15 is 0 Å². The largest absolute Gasteiger partial charge is 0.481 e. The quantitative estimate of drug-likeness (QED) is 0.862. The Morgan fingerprint density at radius 2 is 1.38 bits per heavy atom. The lowest BCUT2D eigenvalue weighted by Crippen LogP contribution is -2.14. The molecule has 2 aromatic rings. The van der Waals surface area contributed by atoms with E-state index in [1.165, 1.54) is 11.1 Å². The molecule has 1 unspecified atom stereocenters. The molecule has 0 radical (unpaired) electrons. The van der Waals surface area contributed by atoms with Crippen LogP contribution in [0.15, 0.2) is 54.6 Å². The summed E-state index contributed by atoms with van der Waals surface area (Å²) in [6, 6.07) is 16.7. The van der Waals surface area contributed by atoms with Crippen molar-refractivity contribution in [1.29, 1.82) is 0 Å². The molecule has 4 aliphatic rings. The standard InChI is InChI=1S/C19H18O2/c20-19(21)18-12-11-16-5-3-14(4-6-16)1-2-15-7-9-17(13-18)10-8-15/h3-12,18H,1-2,13H2,(H,20,21)/b12-11-. The molecule has 4 bridgehead atoms. The molecular formula is C19H18O2. The SMILES string of the molecule is O=C(O)C1/C=C\c2ccc(cc2)CCc2ccc(cc2)C1. The average molecular weight is 278 g/mol. The van der Waals surface area contributed by atoms with E-state index in [1.807, 2.05) is 18.2 Å². The summed E-state index contributed by atoms with van der Waals surface area (Å²) in [5.41, 5.74) is 4.73. The van der Waals surface area contributed by atoms with Crippen molar-refractivity contribution in [2.75, 3.05) is 0 Å². The Labute approximate surface area is 124 Å². The van der Waals surface area contributed by atoms with Gasteiger partial charge in [-0.2, -0.15) is 0 Å². The van der Waals surface area contributed by atoms with Crippen LogP contribution < -0.4 is 0 Å². The highest BCUT2D eigenvalue weighted by Gasteiger charge is 2.14. The number of aliphatic carboxylic acids is 1. The van der Waals surface area contributed by atoms with Gasteiger partial charge >= 0.3 is 5.97 Å². The summed E-state index contributed by atoms with van der Waals surface area (Å²) >= 11 is 0. The first-order chi connectivity index (χ1) is 10.2. The number of hydrogen-bond donors (Lipinski definition) is 1. The molecule has 0 heterocycles. The molecule has 6 rings (SSSR count). The number of aryl methyl sites for hydroxylation is 2. The molecule has 1 N–H and O–H groups in total. The predicted octanol–water partition coefficient (Wildman–Crippen LogP) is 3.74. The van der Waals surface area contributed by atoms with Crippen LogP contribution in [0.25, 0.3) is 6.08 Å². The summed E-state index contributed by atoms with van der Waals surface area (Å²) < 4.78 is 0. The molecule has 0 amide bonds. The predicted molar refractivity (Wildman–Crippen MR) is 84.2 cm³/mol. The molecule has 106 valence electrons. The van der Waals surface area contributed by atoms with Gasteiger partial charge in [-0.25, -0.2) is 0 Å². The maximum Gasteiger partial charge on any atom is 0.310 e. The van der Waals surface area contributed by atoms with Gasteiger partial charge in [-0.15, -0.1) is 0 Å². The van der Waals surface area contributed by atoms with Crippen LogP contribution in [-0.4, -0.2) is 11.1 Å². The molecular weight excluding hydrogens is 260 g/mol. The molecule has 2 aromatic carbocycles. The second-order valence-electron chi connectivity index (χ2n) is 5.57. The van der Waals surface area contributed by atoms with Crippen LogP contribution in [0.4, 0.5) is 0 Å². The molecule has 0 spiro atoms. The third-order valence-corrected chi connectivity index (χ3v) is 4.00. The summed E-state index contributed by atoms with van der Waals surface area (Å²) in [7, 11) is 0. The summed E-state index contributed by atoms with van der Waals surface area (Å²) in [6.45, 7) is 0. The Balaban J connectivity index is 1.98. The van der Waals surface area contributed by atoms with E-state index in [9.17, 15) is 9.90 Å². The van der Waals surface area contributed by atoms with Crippen molar-refractivity contribution in [1.82, 2.24) is 0 Å². The minimum atomic E-state index is -0.779. The molecule has 0 aromatic heterocycles. The Morgan fingerprint density at radius 3 is 1.95 bits per heavy atom. The minimum Gasteiger partial charge on any atom is -0.481 e. The fraction of sp³-hybridized carbons (Fsp3) is 0.211. The number of carboxylic acid groups (broad SMARTS) is 1. The highest BCUT2D eigenvalue weighted by molar-refractivity contribution is 5.74. The van der Waals surface area contributed by atoms with Crippen LogP contribution in [0.2, 0.25) is 0 Å².